The monoisotopic (exact) mass is 463 g/mol. The number of rotatable bonds is 10. The van der Waals surface area contributed by atoms with E-state index >= 15 is 0 Å². The molecule has 0 saturated heterocycles. The fourth-order valence-corrected chi connectivity index (χ4v) is 4.09. The summed E-state index contributed by atoms with van der Waals surface area (Å²) in [6.45, 7) is 1.85. The van der Waals surface area contributed by atoms with E-state index in [0.29, 0.717) is 23.7 Å². The fraction of sp³-hybridized carbons (Fsp3) is 0.321. The Balaban J connectivity index is 2.00. The van der Waals surface area contributed by atoms with Crippen molar-refractivity contribution in [3.05, 3.63) is 89.5 Å². The first-order valence-electron chi connectivity index (χ1n) is 11.2. The molecule has 0 bridgehead atoms. The molecular formula is C28H33NO5. The Morgan fingerprint density at radius 1 is 0.853 bits per heavy atom. The predicted octanol–water partition coefficient (Wildman–Crippen LogP) is 4.62. The van der Waals surface area contributed by atoms with E-state index in [1.807, 2.05) is 79.7 Å². The van der Waals surface area contributed by atoms with Crippen LogP contribution in [0.1, 0.15) is 35.6 Å². The zero-order valence-electron chi connectivity index (χ0n) is 20.4. The zero-order valence-corrected chi connectivity index (χ0v) is 20.4. The number of nitrogens with zero attached hydrogens (tertiary/aromatic N) is 1. The number of hydrogen-bond donors (Lipinski definition) is 1. The topological polar surface area (TPSA) is 68.2 Å². The van der Waals surface area contributed by atoms with Crippen LogP contribution in [0.25, 0.3) is 0 Å². The van der Waals surface area contributed by atoms with Gasteiger partial charge in [0.1, 0.15) is 0 Å². The lowest BCUT2D eigenvalue weighted by Gasteiger charge is -2.32. The van der Waals surface area contributed by atoms with Crippen molar-refractivity contribution in [2.45, 2.75) is 31.4 Å². The van der Waals surface area contributed by atoms with E-state index in [2.05, 4.69) is 0 Å². The maximum absolute atomic E-state index is 13.9. The van der Waals surface area contributed by atoms with Gasteiger partial charge in [0, 0.05) is 7.05 Å². The van der Waals surface area contributed by atoms with Crippen LogP contribution in [0.4, 0.5) is 0 Å². The van der Waals surface area contributed by atoms with Crippen LogP contribution in [0.3, 0.4) is 0 Å². The van der Waals surface area contributed by atoms with Gasteiger partial charge in [0.05, 0.1) is 39.4 Å². The molecule has 0 aliphatic heterocycles. The van der Waals surface area contributed by atoms with Gasteiger partial charge < -0.3 is 24.2 Å². The molecule has 0 aliphatic rings. The van der Waals surface area contributed by atoms with Crippen molar-refractivity contribution < 1.29 is 24.1 Å². The molecule has 0 aliphatic carbocycles. The van der Waals surface area contributed by atoms with Crippen molar-refractivity contribution in [2.24, 2.45) is 0 Å². The summed E-state index contributed by atoms with van der Waals surface area (Å²) in [6.07, 6.45) is -0.330. The van der Waals surface area contributed by atoms with Gasteiger partial charge in [-0.05, 0) is 42.2 Å². The molecular weight excluding hydrogens is 430 g/mol. The number of likely N-dealkylation sites (N-methyl/N-ethyl adjacent to an activating group) is 1. The van der Waals surface area contributed by atoms with Crippen molar-refractivity contribution in [3.8, 4) is 17.2 Å². The summed E-state index contributed by atoms with van der Waals surface area (Å²) in [5.74, 6) is 0.818. The van der Waals surface area contributed by atoms with Crippen molar-refractivity contribution in [1.82, 2.24) is 4.90 Å². The number of carbonyl (C=O) groups excluding carboxylic acids is 1. The van der Waals surface area contributed by atoms with E-state index in [0.717, 1.165) is 16.7 Å². The van der Waals surface area contributed by atoms with Gasteiger partial charge in [-0.25, -0.2) is 0 Å². The molecule has 0 spiro atoms. The molecule has 3 aromatic carbocycles. The fourth-order valence-electron chi connectivity index (χ4n) is 4.09. The van der Waals surface area contributed by atoms with Crippen LogP contribution in [0.5, 0.6) is 17.2 Å². The van der Waals surface area contributed by atoms with Crippen molar-refractivity contribution in [2.75, 3.05) is 28.4 Å². The first-order valence-corrected chi connectivity index (χ1v) is 11.2. The van der Waals surface area contributed by atoms with Crippen LogP contribution in [-0.4, -0.2) is 50.3 Å². The molecule has 0 radical (unpaired) electrons. The summed E-state index contributed by atoms with van der Waals surface area (Å²) in [7, 11) is 6.39. The minimum Gasteiger partial charge on any atom is -0.493 e. The summed E-state index contributed by atoms with van der Waals surface area (Å²) >= 11 is 0. The van der Waals surface area contributed by atoms with E-state index in [1.165, 1.54) is 0 Å². The average molecular weight is 464 g/mol. The van der Waals surface area contributed by atoms with Crippen LogP contribution >= 0.6 is 0 Å². The van der Waals surface area contributed by atoms with Gasteiger partial charge >= 0.3 is 0 Å². The van der Waals surface area contributed by atoms with Crippen molar-refractivity contribution in [1.29, 1.82) is 0 Å². The van der Waals surface area contributed by atoms with Gasteiger partial charge in [-0.15, -0.1) is 0 Å². The molecule has 6 heteroatoms. The SMILES string of the molecule is COc1cc(C(Cc2ccccc2)C(=O)N(C)C(C)C(O)c2ccccc2)cc(OC)c1OC. The second-order valence-corrected chi connectivity index (χ2v) is 8.25. The Morgan fingerprint density at radius 2 is 1.38 bits per heavy atom. The molecule has 0 aromatic heterocycles. The molecule has 34 heavy (non-hydrogen) atoms. The van der Waals surface area contributed by atoms with Crippen LogP contribution < -0.4 is 14.2 Å². The summed E-state index contributed by atoms with van der Waals surface area (Å²) in [5, 5.41) is 10.9. The Bertz CT molecular complexity index is 1050. The number of methoxy groups -OCH3 is 3. The van der Waals surface area contributed by atoms with Gasteiger partial charge in [0.2, 0.25) is 11.7 Å². The Morgan fingerprint density at radius 3 is 1.88 bits per heavy atom. The number of hydrogen-bond acceptors (Lipinski definition) is 5. The Kier molecular flexibility index (Phi) is 8.55. The number of ether oxygens (including phenoxy) is 3. The molecule has 0 fully saturated rings. The highest BCUT2D eigenvalue weighted by atomic mass is 16.5. The summed E-state index contributed by atoms with van der Waals surface area (Å²) in [6, 6.07) is 22.4. The smallest absolute Gasteiger partial charge is 0.230 e. The Hall–Kier alpha value is -3.51. The van der Waals surface area contributed by atoms with Gasteiger partial charge in [0.15, 0.2) is 11.5 Å². The number of aliphatic hydroxyl groups is 1. The first kappa shape index (κ1) is 25.1. The largest absolute Gasteiger partial charge is 0.493 e. The third kappa shape index (κ3) is 5.51. The number of carbonyl (C=O) groups is 1. The lowest BCUT2D eigenvalue weighted by molar-refractivity contribution is -0.135. The number of benzene rings is 3. The van der Waals surface area contributed by atoms with Crippen LogP contribution in [0.15, 0.2) is 72.8 Å². The minimum absolute atomic E-state index is 0.111. The van der Waals surface area contributed by atoms with E-state index in [1.54, 1.807) is 33.3 Å². The molecule has 0 saturated carbocycles. The predicted molar refractivity (Wildman–Crippen MR) is 133 cm³/mol. The van der Waals surface area contributed by atoms with E-state index in [-0.39, 0.29) is 5.91 Å². The first-order chi connectivity index (χ1) is 16.4. The normalized spacial score (nSPS) is 13.5. The van der Waals surface area contributed by atoms with Gasteiger partial charge in [-0.2, -0.15) is 0 Å². The van der Waals surface area contributed by atoms with Gasteiger partial charge in [-0.1, -0.05) is 60.7 Å². The second-order valence-electron chi connectivity index (χ2n) is 8.25. The second kappa shape index (κ2) is 11.6. The molecule has 180 valence electrons. The highest BCUT2D eigenvalue weighted by molar-refractivity contribution is 5.85. The maximum atomic E-state index is 13.9. The summed E-state index contributed by atoms with van der Waals surface area (Å²) < 4.78 is 16.5. The molecule has 1 N–H and O–H groups in total. The zero-order chi connectivity index (χ0) is 24.7. The molecule has 3 rings (SSSR count). The van der Waals surface area contributed by atoms with Crippen molar-refractivity contribution in [3.63, 3.8) is 0 Å². The molecule has 6 nitrogen and oxygen atoms in total. The quantitative estimate of drug-likeness (QED) is 0.475. The molecule has 0 heterocycles. The molecule has 3 unspecified atom stereocenters. The lowest BCUT2D eigenvalue weighted by atomic mass is 9.89. The van der Waals surface area contributed by atoms with Crippen molar-refractivity contribution >= 4 is 5.91 Å². The van der Waals surface area contributed by atoms with Crippen LogP contribution in [0.2, 0.25) is 0 Å². The Labute approximate surface area is 201 Å². The molecule has 1 amide bonds. The minimum atomic E-state index is -0.813. The highest BCUT2D eigenvalue weighted by Gasteiger charge is 2.31. The van der Waals surface area contributed by atoms with Gasteiger partial charge in [-0.3, -0.25) is 4.79 Å². The van der Waals surface area contributed by atoms with E-state index in [4.69, 9.17) is 14.2 Å². The lowest BCUT2D eigenvalue weighted by Crippen LogP contribution is -2.42. The standard InChI is InChI=1S/C28H33NO5/c1-19(26(30)21-14-10-7-11-15-21)29(2)28(31)23(16-20-12-8-6-9-13-20)22-17-24(32-3)27(34-5)25(18-22)33-4/h6-15,17-19,23,26,30H,16H2,1-5H3. The van der Waals surface area contributed by atoms with Crippen LogP contribution in [-0.2, 0) is 11.2 Å². The number of aliphatic hydroxyl groups excluding tert-OH is 1. The average Bonchev–Trinajstić information content (AvgIpc) is 2.90. The summed E-state index contributed by atoms with van der Waals surface area (Å²) in [5.41, 5.74) is 2.54. The van der Waals surface area contributed by atoms with Crippen LogP contribution in [0, 0.1) is 0 Å². The van der Waals surface area contributed by atoms with Gasteiger partial charge in [0.25, 0.3) is 0 Å². The van der Waals surface area contributed by atoms with E-state index < -0.39 is 18.1 Å². The maximum Gasteiger partial charge on any atom is 0.230 e. The summed E-state index contributed by atoms with van der Waals surface area (Å²) in [4.78, 5) is 15.5. The molecule has 3 aromatic rings. The third-order valence-corrected chi connectivity index (χ3v) is 6.23. The highest BCUT2D eigenvalue weighted by Crippen LogP contribution is 2.41. The third-order valence-electron chi connectivity index (χ3n) is 6.23. The van der Waals surface area contributed by atoms with E-state index in [9.17, 15) is 9.90 Å². The number of amides is 1. The molecule has 3 atom stereocenters.